The number of hydrogen-bond acceptors (Lipinski definition) is 4. The molecule has 0 bridgehead atoms. The van der Waals surface area contributed by atoms with Gasteiger partial charge in [-0.3, -0.25) is 10.3 Å². The second kappa shape index (κ2) is 7.31. The first-order valence-electron chi connectivity index (χ1n) is 6.38. The van der Waals surface area contributed by atoms with Crippen molar-refractivity contribution < 1.29 is 0 Å². The van der Waals surface area contributed by atoms with Crippen LogP contribution in [0.5, 0.6) is 0 Å². The summed E-state index contributed by atoms with van der Waals surface area (Å²) < 4.78 is 0. The number of anilines is 1. The molecule has 0 atom stereocenters. The van der Waals surface area contributed by atoms with Gasteiger partial charge in [0.15, 0.2) is 5.96 Å². The minimum atomic E-state index is -0.0240. The average Bonchev–Trinajstić information content (AvgIpc) is 2.34. The normalized spacial score (nSPS) is 10.2. The Bertz CT molecular complexity index is 462. The van der Waals surface area contributed by atoms with Crippen molar-refractivity contribution in [2.75, 3.05) is 4.90 Å². The monoisotopic (exact) mass is 260 g/mol. The lowest BCUT2D eigenvalue weighted by Gasteiger charge is -2.25. The second-order valence-corrected chi connectivity index (χ2v) is 4.55. The van der Waals surface area contributed by atoms with Crippen molar-refractivity contribution >= 4 is 11.8 Å². The Balaban J connectivity index is 2.76. The first kappa shape index (κ1) is 14.9. The van der Waals surface area contributed by atoms with Crippen LogP contribution in [0, 0.1) is 16.7 Å². The summed E-state index contributed by atoms with van der Waals surface area (Å²) in [6.07, 6.45) is 4.72. The van der Waals surface area contributed by atoms with Crippen molar-refractivity contribution in [2.45, 2.75) is 45.6 Å². The number of nitrogens with two attached hydrogens (primary N) is 1. The Kier molecular flexibility index (Phi) is 5.73. The number of nitrogens with one attached hydrogen (secondary N) is 1. The molecule has 6 heteroatoms. The predicted octanol–water partition coefficient (Wildman–Crippen LogP) is 1.82. The zero-order valence-corrected chi connectivity index (χ0v) is 11.4. The van der Waals surface area contributed by atoms with Crippen LogP contribution in [0.25, 0.3) is 0 Å². The molecule has 0 aromatic carbocycles. The molecule has 0 radical (unpaired) electrons. The molecule has 6 nitrogen and oxygen atoms in total. The third-order valence-corrected chi connectivity index (χ3v) is 2.65. The van der Waals surface area contributed by atoms with Crippen LogP contribution in [0.1, 0.15) is 38.9 Å². The minimum absolute atomic E-state index is 0.0240. The first-order chi connectivity index (χ1) is 9.06. The van der Waals surface area contributed by atoms with Gasteiger partial charge in [-0.25, -0.2) is 9.97 Å². The van der Waals surface area contributed by atoms with Crippen LogP contribution in [0.3, 0.4) is 0 Å². The predicted molar refractivity (Wildman–Crippen MR) is 74.7 cm³/mol. The molecule has 0 amide bonds. The van der Waals surface area contributed by atoms with Crippen LogP contribution in [0.4, 0.5) is 5.82 Å². The van der Waals surface area contributed by atoms with Crippen molar-refractivity contribution in [3.05, 3.63) is 18.1 Å². The molecule has 3 N–H and O–H groups in total. The molecule has 102 valence electrons. The molecule has 1 heterocycles. The standard InChI is InChI=1S/C13H20N6/c1-10(2)19(13(15)16)12-7-9-17-11(18-12)6-4-3-5-8-14/h7,9-10H,3-6H2,1-2H3,(H3,15,16). The fourth-order valence-corrected chi connectivity index (χ4v) is 1.80. The van der Waals surface area contributed by atoms with Gasteiger partial charge in [-0.15, -0.1) is 0 Å². The van der Waals surface area contributed by atoms with Crippen molar-refractivity contribution in [1.29, 1.82) is 10.7 Å². The minimum Gasteiger partial charge on any atom is -0.370 e. The van der Waals surface area contributed by atoms with Gasteiger partial charge in [0, 0.05) is 25.1 Å². The molecule has 0 saturated heterocycles. The SMILES string of the molecule is CC(C)N(C(=N)N)c1ccnc(CCCCC#N)n1. The summed E-state index contributed by atoms with van der Waals surface area (Å²) in [5.41, 5.74) is 5.57. The summed E-state index contributed by atoms with van der Waals surface area (Å²) in [6.45, 7) is 3.91. The lowest BCUT2D eigenvalue weighted by atomic mass is 10.2. The first-order valence-corrected chi connectivity index (χ1v) is 6.38. The number of rotatable bonds is 6. The van der Waals surface area contributed by atoms with E-state index >= 15 is 0 Å². The molecule has 0 saturated carbocycles. The third kappa shape index (κ3) is 4.54. The lowest BCUT2D eigenvalue weighted by molar-refractivity contribution is 0.714. The van der Waals surface area contributed by atoms with E-state index in [0.717, 1.165) is 25.1 Å². The van der Waals surface area contributed by atoms with E-state index in [2.05, 4.69) is 16.0 Å². The topological polar surface area (TPSA) is 103 Å². The van der Waals surface area contributed by atoms with Gasteiger partial charge in [-0.1, -0.05) is 0 Å². The van der Waals surface area contributed by atoms with E-state index in [0.29, 0.717) is 12.2 Å². The number of aromatic nitrogens is 2. The van der Waals surface area contributed by atoms with E-state index in [1.165, 1.54) is 0 Å². The molecule has 1 aromatic heterocycles. The number of nitriles is 1. The molecule has 0 aliphatic carbocycles. The van der Waals surface area contributed by atoms with Crippen molar-refractivity contribution in [3.63, 3.8) is 0 Å². The molecule has 1 rings (SSSR count). The molecule has 0 spiro atoms. The maximum Gasteiger partial charge on any atom is 0.194 e. The Morgan fingerprint density at radius 2 is 2.26 bits per heavy atom. The molecule has 0 aliphatic heterocycles. The van der Waals surface area contributed by atoms with Gasteiger partial charge in [-0.2, -0.15) is 5.26 Å². The van der Waals surface area contributed by atoms with Gasteiger partial charge in [0.05, 0.1) is 6.07 Å². The summed E-state index contributed by atoms with van der Waals surface area (Å²) in [5, 5.41) is 16.1. The number of unbranched alkanes of at least 4 members (excludes halogenated alkanes) is 2. The van der Waals surface area contributed by atoms with Crippen molar-refractivity contribution in [3.8, 4) is 6.07 Å². The quantitative estimate of drug-likeness (QED) is 0.461. The van der Waals surface area contributed by atoms with Gasteiger partial charge < -0.3 is 5.73 Å². The van der Waals surface area contributed by atoms with Gasteiger partial charge >= 0.3 is 0 Å². The average molecular weight is 260 g/mol. The molecule has 1 aromatic rings. The Labute approximate surface area is 113 Å². The van der Waals surface area contributed by atoms with E-state index < -0.39 is 0 Å². The highest BCUT2D eigenvalue weighted by molar-refractivity contribution is 5.91. The maximum absolute atomic E-state index is 8.48. The van der Waals surface area contributed by atoms with E-state index in [4.69, 9.17) is 16.4 Å². The number of aryl methyl sites for hydroxylation is 1. The van der Waals surface area contributed by atoms with Gasteiger partial charge in [0.25, 0.3) is 0 Å². The largest absolute Gasteiger partial charge is 0.370 e. The summed E-state index contributed by atoms with van der Waals surface area (Å²) in [7, 11) is 0. The Morgan fingerprint density at radius 1 is 1.53 bits per heavy atom. The van der Waals surface area contributed by atoms with E-state index in [1.54, 1.807) is 17.2 Å². The second-order valence-electron chi connectivity index (χ2n) is 4.55. The zero-order chi connectivity index (χ0) is 14.3. The third-order valence-electron chi connectivity index (χ3n) is 2.65. The van der Waals surface area contributed by atoms with Crippen LogP contribution in [-0.4, -0.2) is 22.0 Å². The van der Waals surface area contributed by atoms with E-state index in [1.807, 2.05) is 13.8 Å². The fourth-order valence-electron chi connectivity index (χ4n) is 1.80. The smallest absolute Gasteiger partial charge is 0.194 e. The van der Waals surface area contributed by atoms with E-state index in [-0.39, 0.29) is 12.0 Å². The highest BCUT2D eigenvalue weighted by Crippen LogP contribution is 2.13. The lowest BCUT2D eigenvalue weighted by Crippen LogP contribution is -2.42. The van der Waals surface area contributed by atoms with Crippen LogP contribution >= 0.6 is 0 Å². The molecular weight excluding hydrogens is 240 g/mol. The number of nitrogens with zero attached hydrogens (tertiary/aromatic N) is 4. The maximum atomic E-state index is 8.48. The Hall–Kier alpha value is -2.16. The summed E-state index contributed by atoms with van der Waals surface area (Å²) in [5.74, 6) is 1.35. The summed E-state index contributed by atoms with van der Waals surface area (Å²) >= 11 is 0. The summed E-state index contributed by atoms with van der Waals surface area (Å²) in [6, 6.07) is 3.94. The highest BCUT2D eigenvalue weighted by atomic mass is 15.3. The van der Waals surface area contributed by atoms with E-state index in [9.17, 15) is 0 Å². The van der Waals surface area contributed by atoms with Crippen LogP contribution in [0.15, 0.2) is 12.3 Å². The number of hydrogen-bond donors (Lipinski definition) is 2. The van der Waals surface area contributed by atoms with Crippen LogP contribution in [-0.2, 0) is 6.42 Å². The Morgan fingerprint density at radius 3 is 2.84 bits per heavy atom. The number of guanidine groups is 1. The fraction of sp³-hybridized carbons (Fsp3) is 0.538. The molecule has 0 unspecified atom stereocenters. The van der Waals surface area contributed by atoms with Gasteiger partial charge in [0.2, 0.25) is 0 Å². The molecule has 19 heavy (non-hydrogen) atoms. The summed E-state index contributed by atoms with van der Waals surface area (Å²) in [4.78, 5) is 10.3. The zero-order valence-electron chi connectivity index (χ0n) is 11.4. The molecule has 0 fully saturated rings. The highest BCUT2D eigenvalue weighted by Gasteiger charge is 2.15. The molecule has 0 aliphatic rings. The van der Waals surface area contributed by atoms with Crippen molar-refractivity contribution in [1.82, 2.24) is 9.97 Å². The van der Waals surface area contributed by atoms with Crippen LogP contribution < -0.4 is 10.6 Å². The van der Waals surface area contributed by atoms with Gasteiger partial charge in [0.1, 0.15) is 11.6 Å². The van der Waals surface area contributed by atoms with Crippen molar-refractivity contribution in [2.24, 2.45) is 5.73 Å². The molecular formula is C13H20N6. The van der Waals surface area contributed by atoms with Crippen LogP contribution in [0.2, 0.25) is 0 Å². The van der Waals surface area contributed by atoms with Gasteiger partial charge in [-0.05, 0) is 32.8 Å².